The summed E-state index contributed by atoms with van der Waals surface area (Å²) in [5.41, 5.74) is 0. The van der Waals surface area contributed by atoms with Gasteiger partial charge >= 0.3 is 0 Å². The van der Waals surface area contributed by atoms with Gasteiger partial charge in [-0.1, -0.05) is 13.0 Å². The van der Waals surface area contributed by atoms with Crippen LogP contribution in [0.3, 0.4) is 0 Å². The zero-order valence-electron chi connectivity index (χ0n) is 9.37. The van der Waals surface area contributed by atoms with Crippen LogP contribution in [0.2, 0.25) is 0 Å². The van der Waals surface area contributed by atoms with Crippen molar-refractivity contribution in [1.82, 2.24) is 4.98 Å². The predicted molar refractivity (Wildman–Crippen MR) is 66.2 cm³/mol. The van der Waals surface area contributed by atoms with Crippen molar-refractivity contribution >= 4 is 27.7 Å². The summed E-state index contributed by atoms with van der Waals surface area (Å²) in [5, 5.41) is 2.74. The largest absolute Gasteiger partial charge is 0.384 e. The van der Waals surface area contributed by atoms with Gasteiger partial charge in [0.2, 0.25) is 5.91 Å². The minimum Gasteiger partial charge on any atom is -0.384 e. The molecule has 0 aromatic carbocycles. The maximum absolute atomic E-state index is 11.6. The van der Waals surface area contributed by atoms with Crippen molar-refractivity contribution < 1.29 is 9.53 Å². The van der Waals surface area contributed by atoms with Gasteiger partial charge < -0.3 is 10.1 Å². The number of pyridine rings is 1. The first-order valence-corrected chi connectivity index (χ1v) is 5.82. The summed E-state index contributed by atoms with van der Waals surface area (Å²) in [5.74, 6) is 0.719. The summed E-state index contributed by atoms with van der Waals surface area (Å²) in [4.78, 5) is 15.7. The van der Waals surface area contributed by atoms with Gasteiger partial charge in [0.15, 0.2) is 0 Å². The molecule has 1 unspecified atom stereocenters. The van der Waals surface area contributed by atoms with Gasteiger partial charge in [-0.05, 0) is 34.0 Å². The van der Waals surface area contributed by atoms with Crippen LogP contribution in [0, 0.1) is 5.92 Å². The van der Waals surface area contributed by atoms with Crippen LogP contribution in [-0.4, -0.2) is 24.6 Å². The Morgan fingerprint density at radius 3 is 3.00 bits per heavy atom. The van der Waals surface area contributed by atoms with Crippen LogP contribution in [0.5, 0.6) is 0 Å². The van der Waals surface area contributed by atoms with Crippen LogP contribution in [0.15, 0.2) is 22.8 Å². The summed E-state index contributed by atoms with van der Waals surface area (Å²) < 4.78 is 5.67. The highest BCUT2D eigenvalue weighted by atomic mass is 79.9. The van der Waals surface area contributed by atoms with Gasteiger partial charge in [0.25, 0.3) is 0 Å². The van der Waals surface area contributed by atoms with Crippen molar-refractivity contribution in [2.45, 2.75) is 13.3 Å². The highest BCUT2D eigenvalue weighted by Crippen LogP contribution is 2.11. The van der Waals surface area contributed by atoms with E-state index in [1.807, 2.05) is 19.1 Å². The second-order valence-corrected chi connectivity index (χ2v) is 4.47. The third-order valence-corrected chi connectivity index (χ3v) is 2.41. The average molecular weight is 287 g/mol. The number of nitrogens with zero attached hydrogens (tertiary/aromatic N) is 1. The number of rotatable bonds is 5. The van der Waals surface area contributed by atoms with Gasteiger partial charge in [0.1, 0.15) is 10.4 Å². The van der Waals surface area contributed by atoms with Gasteiger partial charge in [0, 0.05) is 20.1 Å². The number of anilines is 1. The Hall–Kier alpha value is -0.940. The Morgan fingerprint density at radius 2 is 2.38 bits per heavy atom. The Balaban J connectivity index is 2.45. The van der Waals surface area contributed by atoms with Crippen LogP contribution in [-0.2, 0) is 9.53 Å². The van der Waals surface area contributed by atoms with E-state index in [4.69, 9.17) is 4.74 Å². The second kappa shape index (κ2) is 6.60. The van der Waals surface area contributed by atoms with Crippen molar-refractivity contribution in [2.24, 2.45) is 5.92 Å². The number of nitrogens with one attached hydrogen (secondary N) is 1. The van der Waals surface area contributed by atoms with E-state index in [2.05, 4.69) is 26.2 Å². The molecule has 1 rings (SSSR count). The number of aromatic nitrogens is 1. The zero-order chi connectivity index (χ0) is 12.0. The van der Waals surface area contributed by atoms with Crippen LogP contribution in [0.1, 0.15) is 13.3 Å². The molecule has 4 nitrogen and oxygen atoms in total. The summed E-state index contributed by atoms with van der Waals surface area (Å²) >= 11 is 3.25. The molecular weight excluding hydrogens is 272 g/mol. The fraction of sp³-hybridized carbons (Fsp3) is 0.455. The summed E-state index contributed by atoms with van der Waals surface area (Å²) in [6.45, 7) is 2.55. The van der Waals surface area contributed by atoms with E-state index in [1.165, 1.54) is 0 Å². The van der Waals surface area contributed by atoms with Crippen LogP contribution >= 0.6 is 15.9 Å². The lowest BCUT2D eigenvalue weighted by molar-refractivity contribution is -0.117. The van der Waals surface area contributed by atoms with E-state index < -0.39 is 0 Å². The molecule has 1 aromatic rings. The Kier molecular flexibility index (Phi) is 5.42. The number of hydrogen-bond acceptors (Lipinski definition) is 3. The molecule has 0 bridgehead atoms. The molecule has 88 valence electrons. The van der Waals surface area contributed by atoms with Crippen molar-refractivity contribution in [3.8, 4) is 0 Å². The van der Waals surface area contributed by atoms with Crippen LogP contribution < -0.4 is 5.32 Å². The number of halogens is 1. The van der Waals surface area contributed by atoms with Gasteiger partial charge in [-0.2, -0.15) is 0 Å². The fourth-order valence-corrected chi connectivity index (χ4v) is 1.68. The quantitative estimate of drug-likeness (QED) is 0.846. The Bertz CT molecular complexity index is 358. The molecule has 1 N–H and O–H groups in total. The minimum atomic E-state index is -0.0462. The smallest absolute Gasteiger partial charge is 0.225 e. The van der Waals surface area contributed by atoms with E-state index in [0.29, 0.717) is 23.4 Å². The summed E-state index contributed by atoms with van der Waals surface area (Å²) in [6, 6.07) is 5.39. The number of hydrogen-bond donors (Lipinski definition) is 1. The topological polar surface area (TPSA) is 51.2 Å². The molecule has 0 radical (unpaired) electrons. The second-order valence-electron chi connectivity index (χ2n) is 3.66. The normalized spacial score (nSPS) is 12.2. The number of methoxy groups -OCH3 is 1. The molecule has 1 amide bonds. The molecule has 0 saturated heterocycles. The lowest BCUT2D eigenvalue weighted by Crippen LogP contribution is -2.18. The third-order valence-electron chi connectivity index (χ3n) is 1.97. The van der Waals surface area contributed by atoms with Crippen molar-refractivity contribution in [2.75, 3.05) is 19.0 Å². The summed E-state index contributed by atoms with van der Waals surface area (Å²) in [6.07, 6.45) is 0.433. The molecule has 1 atom stereocenters. The Labute approximate surface area is 104 Å². The molecule has 0 spiro atoms. The number of carbonyl (C=O) groups excluding carboxylic acids is 1. The van der Waals surface area contributed by atoms with Gasteiger partial charge in [0.05, 0.1) is 0 Å². The van der Waals surface area contributed by atoms with Gasteiger partial charge in [-0.3, -0.25) is 4.79 Å². The van der Waals surface area contributed by atoms with Crippen molar-refractivity contribution in [3.05, 3.63) is 22.8 Å². The monoisotopic (exact) mass is 286 g/mol. The molecule has 0 aliphatic carbocycles. The maximum atomic E-state index is 11.6. The van der Waals surface area contributed by atoms with E-state index in [1.54, 1.807) is 13.2 Å². The van der Waals surface area contributed by atoms with E-state index in [0.717, 1.165) is 0 Å². The predicted octanol–water partition coefficient (Wildman–Crippen LogP) is 2.46. The first kappa shape index (κ1) is 13.1. The van der Waals surface area contributed by atoms with Crippen molar-refractivity contribution in [1.29, 1.82) is 0 Å². The highest BCUT2D eigenvalue weighted by molar-refractivity contribution is 9.10. The number of amides is 1. The first-order valence-electron chi connectivity index (χ1n) is 5.03. The van der Waals surface area contributed by atoms with Crippen molar-refractivity contribution in [3.63, 3.8) is 0 Å². The lowest BCUT2D eigenvalue weighted by atomic mass is 10.1. The SMILES string of the molecule is COCC(C)CC(=O)Nc1cccc(Br)n1. The molecule has 5 heteroatoms. The summed E-state index contributed by atoms with van der Waals surface area (Å²) in [7, 11) is 1.63. The standard InChI is InChI=1S/C11H15BrN2O2/c1-8(7-16-2)6-11(15)14-10-5-3-4-9(12)13-10/h3-5,8H,6-7H2,1-2H3,(H,13,14,15). The molecule has 0 fully saturated rings. The van der Waals surface area contributed by atoms with E-state index >= 15 is 0 Å². The molecule has 0 aliphatic heterocycles. The molecule has 0 aliphatic rings. The Morgan fingerprint density at radius 1 is 1.62 bits per heavy atom. The van der Waals surface area contributed by atoms with E-state index in [9.17, 15) is 4.79 Å². The first-order chi connectivity index (χ1) is 7.61. The lowest BCUT2D eigenvalue weighted by Gasteiger charge is -2.09. The average Bonchev–Trinajstić information content (AvgIpc) is 2.17. The van der Waals surface area contributed by atoms with Gasteiger partial charge in [-0.15, -0.1) is 0 Å². The molecule has 1 heterocycles. The number of carbonyl (C=O) groups is 1. The zero-order valence-corrected chi connectivity index (χ0v) is 11.0. The third kappa shape index (κ3) is 4.72. The molecule has 16 heavy (non-hydrogen) atoms. The fourth-order valence-electron chi connectivity index (χ4n) is 1.33. The molecule has 0 saturated carbocycles. The van der Waals surface area contributed by atoms with Gasteiger partial charge in [-0.25, -0.2) is 4.98 Å². The van der Waals surface area contributed by atoms with E-state index in [-0.39, 0.29) is 11.8 Å². The molecule has 1 aromatic heterocycles. The number of ether oxygens (including phenoxy) is 1. The highest BCUT2D eigenvalue weighted by Gasteiger charge is 2.09. The minimum absolute atomic E-state index is 0.0462. The molecular formula is C11H15BrN2O2. The van der Waals surface area contributed by atoms with Crippen LogP contribution in [0.4, 0.5) is 5.82 Å². The maximum Gasteiger partial charge on any atom is 0.225 e. The van der Waals surface area contributed by atoms with Crippen LogP contribution in [0.25, 0.3) is 0 Å².